The number of carbonyl (C=O) groups excluding carboxylic acids is 1. The molecule has 3 aromatic heterocycles. The molecule has 0 bridgehead atoms. The average Bonchev–Trinajstić information content (AvgIpc) is 3.39. The Morgan fingerprint density at radius 2 is 2.19 bits per heavy atom. The number of nitrogens with zero attached hydrogens (tertiary/aromatic N) is 3. The minimum absolute atomic E-state index is 0.0576. The summed E-state index contributed by atoms with van der Waals surface area (Å²) in [5.41, 5.74) is 1.80. The number of sulfone groups is 1. The first-order valence-electron chi connectivity index (χ1n) is 8.54. The maximum Gasteiger partial charge on any atom is 0.272 e. The van der Waals surface area contributed by atoms with E-state index in [9.17, 15) is 13.2 Å². The molecule has 1 unspecified atom stereocenters. The second kappa shape index (κ2) is 7.24. The van der Waals surface area contributed by atoms with Gasteiger partial charge in [0.1, 0.15) is 0 Å². The summed E-state index contributed by atoms with van der Waals surface area (Å²) in [6, 6.07) is 10.9. The van der Waals surface area contributed by atoms with Gasteiger partial charge in [-0.1, -0.05) is 12.1 Å². The number of amides is 1. The van der Waals surface area contributed by atoms with E-state index in [1.165, 1.54) is 11.3 Å². The Hall–Kier alpha value is -2.52. The number of hydrogen-bond donors (Lipinski definition) is 1. The molecular weight excluding hydrogens is 384 g/mol. The highest BCUT2D eigenvalue weighted by Gasteiger charge is 2.32. The second-order valence-electron chi connectivity index (χ2n) is 6.40. The number of thiophene rings is 1. The maximum atomic E-state index is 12.6. The van der Waals surface area contributed by atoms with Crippen molar-refractivity contribution < 1.29 is 13.2 Å². The van der Waals surface area contributed by atoms with Gasteiger partial charge in [-0.2, -0.15) is 5.10 Å². The Labute approximate surface area is 161 Å². The van der Waals surface area contributed by atoms with E-state index >= 15 is 0 Å². The zero-order valence-corrected chi connectivity index (χ0v) is 16.0. The number of carbonyl (C=O) groups is 1. The SMILES string of the molecule is O=C(NCc1ccccn1)c1cc(-c2cccs2)n(C2CCS(=O)(=O)C2)n1. The number of hydrogen-bond acceptors (Lipinski definition) is 6. The first kappa shape index (κ1) is 17.9. The van der Waals surface area contributed by atoms with E-state index in [-0.39, 0.29) is 29.1 Å². The third-order valence-electron chi connectivity index (χ3n) is 4.45. The smallest absolute Gasteiger partial charge is 0.272 e. The standard InChI is InChI=1S/C18H18N4O3S2/c23-18(20-11-13-4-1-2-7-19-13)15-10-16(17-5-3-8-26-17)22(21-15)14-6-9-27(24,25)12-14/h1-5,7-8,10,14H,6,9,11-12H2,(H,20,23). The summed E-state index contributed by atoms with van der Waals surface area (Å²) >= 11 is 1.53. The van der Waals surface area contributed by atoms with Gasteiger partial charge in [0, 0.05) is 6.20 Å². The molecule has 0 saturated carbocycles. The predicted molar refractivity (Wildman–Crippen MR) is 103 cm³/mol. The van der Waals surface area contributed by atoms with Gasteiger partial charge in [-0.25, -0.2) is 8.42 Å². The Morgan fingerprint density at radius 3 is 2.85 bits per heavy atom. The van der Waals surface area contributed by atoms with E-state index in [2.05, 4.69) is 15.4 Å². The van der Waals surface area contributed by atoms with Gasteiger partial charge < -0.3 is 5.32 Å². The van der Waals surface area contributed by atoms with Crippen LogP contribution in [0.2, 0.25) is 0 Å². The van der Waals surface area contributed by atoms with Gasteiger partial charge in [0.25, 0.3) is 5.91 Å². The normalized spacial score (nSPS) is 18.4. The minimum atomic E-state index is -3.05. The lowest BCUT2D eigenvalue weighted by atomic mass is 10.2. The van der Waals surface area contributed by atoms with Crippen molar-refractivity contribution in [2.45, 2.75) is 19.0 Å². The van der Waals surface area contributed by atoms with E-state index in [0.29, 0.717) is 13.0 Å². The van der Waals surface area contributed by atoms with Crippen LogP contribution in [0.15, 0.2) is 48.0 Å². The summed E-state index contributed by atoms with van der Waals surface area (Å²) in [7, 11) is -3.05. The van der Waals surface area contributed by atoms with Crippen LogP contribution in [0.4, 0.5) is 0 Å². The van der Waals surface area contributed by atoms with Gasteiger partial charge in [0.2, 0.25) is 0 Å². The number of aromatic nitrogens is 3. The summed E-state index contributed by atoms with van der Waals surface area (Å²) in [6.45, 7) is 0.304. The molecule has 0 aliphatic carbocycles. The van der Waals surface area contributed by atoms with Gasteiger partial charge in [-0.15, -0.1) is 11.3 Å². The molecule has 1 fully saturated rings. The van der Waals surface area contributed by atoms with Crippen LogP contribution < -0.4 is 5.32 Å². The molecule has 4 rings (SSSR count). The molecule has 0 spiro atoms. The van der Waals surface area contributed by atoms with Crippen molar-refractivity contribution in [3.05, 3.63) is 59.4 Å². The van der Waals surface area contributed by atoms with E-state index < -0.39 is 9.84 Å². The molecule has 7 nitrogen and oxygen atoms in total. The molecule has 1 amide bonds. The monoisotopic (exact) mass is 402 g/mol. The quantitative estimate of drug-likeness (QED) is 0.707. The average molecular weight is 403 g/mol. The largest absolute Gasteiger partial charge is 0.345 e. The first-order chi connectivity index (χ1) is 13.0. The zero-order chi connectivity index (χ0) is 18.9. The highest BCUT2D eigenvalue weighted by atomic mass is 32.2. The molecule has 9 heteroatoms. The van der Waals surface area contributed by atoms with Crippen LogP contribution in [0.5, 0.6) is 0 Å². The molecule has 27 heavy (non-hydrogen) atoms. The van der Waals surface area contributed by atoms with Crippen molar-refractivity contribution in [1.82, 2.24) is 20.1 Å². The number of nitrogens with one attached hydrogen (secondary N) is 1. The van der Waals surface area contributed by atoms with Crippen molar-refractivity contribution >= 4 is 27.1 Å². The molecule has 1 N–H and O–H groups in total. The first-order valence-corrected chi connectivity index (χ1v) is 11.2. The fraction of sp³-hybridized carbons (Fsp3) is 0.278. The van der Waals surface area contributed by atoms with E-state index in [1.54, 1.807) is 16.9 Å². The Bertz CT molecular complexity index is 1040. The van der Waals surface area contributed by atoms with Gasteiger partial charge in [0.15, 0.2) is 15.5 Å². The highest BCUT2D eigenvalue weighted by molar-refractivity contribution is 7.91. The minimum Gasteiger partial charge on any atom is -0.345 e. The summed E-state index contributed by atoms with van der Waals surface area (Å²) in [5.74, 6) is -0.0944. The summed E-state index contributed by atoms with van der Waals surface area (Å²) in [6.07, 6.45) is 2.18. The predicted octanol–water partition coefficient (Wildman–Crippen LogP) is 2.30. The van der Waals surface area contributed by atoms with Crippen LogP contribution in [0.25, 0.3) is 10.6 Å². The molecule has 140 valence electrons. The Morgan fingerprint density at radius 1 is 1.30 bits per heavy atom. The number of rotatable bonds is 5. The third kappa shape index (κ3) is 3.93. The van der Waals surface area contributed by atoms with E-state index in [1.807, 2.05) is 35.7 Å². The summed E-state index contributed by atoms with van der Waals surface area (Å²) < 4.78 is 25.5. The third-order valence-corrected chi connectivity index (χ3v) is 7.10. The van der Waals surface area contributed by atoms with Gasteiger partial charge in [0.05, 0.1) is 40.4 Å². The number of pyridine rings is 1. The van der Waals surface area contributed by atoms with Crippen molar-refractivity contribution in [2.75, 3.05) is 11.5 Å². The Kier molecular flexibility index (Phi) is 4.79. The van der Waals surface area contributed by atoms with Crippen LogP contribution in [0.3, 0.4) is 0 Å². The fourth-order valence-electron chi connectivity index (χ4n) is 3.12. The molecule has 0 aromatic carbocycles. The molecule has 3 aromatic rings. The van der Waals surface area contributed by atoms with Crippen molar-refractivity contribution in [3.8, 4) is 10.6 Å². The van der Waals surface area contributed by atoms with Gasteiger partial charge >= 0.3 is 0 Å². The fourth-order valence-corrected chi connectivity index (χ4v) is 5.55. The topological polar surface area (TPSA) is 94.0 Å². The molecular formula is C18H18N4O3S2. The van der Waals surface area contributed by atoms with E-state index in [4.69, 9.17) is 0 Å². The molecule has 1 saturated heterocycles. The van der Waals surface area contributed by atoms with Crippen LogP contribution >= 0.6 is 11.3 Å². The zero-order valence-electron chi connectivity index (χ0n) is 14.4. The maximum absolute atomic E-state index is 12.6. The van der Waals surface area contributed by atoms with Crippen LogP contribution in [-0.4, -0.2) is 40.6 Å². The lowest BCUT2D eigenvalue weighted by Crippen LogP contribution is -2.24. The molecule has 4 heterocycles. The van der Waals surface area contributed by atoms with Crippen molar-refractivity contribution in [2.24, 2.45) is 0 Å². The molecule has 1 atom stereocenters. The summed E-state index contributed by atoms with van der Waals surface area (Å²) in [5, 5.41) is 9.21. The molecule has 1 aliphatic heterocycles. The van der Waals surface area contributed by atoms with Crippen molar-refractivity contribution in [1.29, 1.82) is 0 Å². The molecule has 0 radical (unpaired) electrons. The lowest BCUT2D eigenvalue weighted by molar-refractivity contribution is 0.0944. The van der Waals surface area contributed by atoms with Crippen LogP contribution in [0.1, 0.15) is 28.6 Å². The van der Waals surface area contributed by atoms with Gasteiger partial charge in [-0.3, -0.25) is 14.5 Å². The van der Waals surface area contributed by atoms with Crippen molar-refractivity contribution in [3.63, 3.8) is 0 Å². The van der Waals surface area contributed by atoms with Crippen LogP contribution in [-0.2, 0) is 16.4 Å². The summed E-state index contributed by atoms with van der Waals surface area (Å²) in [4.78, 5) is 17.7. The highest BCUT2D eigenvalue weighted by Crippen LogP contribution is 2.32. The second-order valence-corrected chi connectivity index (χ2v) is 9.57. The van der Waals surface area contributed by atoms with E-state index in [0.717, 1.165) is 16.3 Å². The van der Waals surface area contributed by atoms with Crippen LogP contribution in [0, 0.1) is 0 Å². The molecule has 1 aliphatic rings. The Balaban J connectivity index is 1.60. The lowest BCUT2D eigenvalue weighted by Gasteiger charge is -2.12. The van der Waals surface area contributed by atoms with Gasteiger partial charge in [-0.05, 0) is 36.1 Å².